The molecule has 0 saturated carbocycles. The molecule has 2 aromatic carbocycles. The zero-order valence-corrected chi connectivity index (χ0v) is 15.7. The number of rotatable bonds is 4. The maximum Gasteiger partial charge on any atom is 0.129 e. The number of fused-ring (bicyclic) bond motifs is 1. The molecule has 1 aromatic heterocycles. The number of aromatic nitrogens is 1. The van der Waals surface area contributed by atoms with Gasteiger partial charge in [0, 0.05) is 23.9 Å². The van der Waals surface area contributed by atoms with E-state index >= 15 is 0 Å². The van der Waals surface area contributed by atoms with Gasteiger partial charge < -0.3 is 10.0 Å². The van der Waals surface area contributed by atoms with Gasteiger partial charge in [0.1, 0.15) is 11.6 Å². The number of para-hydroxylation sites is 1. The molecule has 1 aliphatic rings. The molecule has 0 radical (unpaired) electrons. The van der Waals surface area contributed by atoms with Gasteiger partial charge in [0.15, 0.2) is 0 Å². The molecular weight excluding hydrogens is 339 g/mol. The number of pyridine rings is 1. The first-order valence-corrected chi connectivity index (χ1v) is 9.56. The molecule has 1 atom stereocenters. The van der Waals surface area contributed by atoms with Crippen LogP contribution in [0.15, 0.2) is 54.6 Å². The molecule has 27 heavy (non-hydrogen) atoms. The molecule has 4 heteroatoms. The first kappa shape index (κ1) is 17.9. The van der Waals surface area contributed by atoms with Crippen molar-refractivity contribution in [1.29, 1.82) is 0 Å². The smallest absolute Gasteiger partial charge is 0.129 e. The maximum atomic E-state index is 14.2. The average Bonchev–Trinajstić information content (AvgIpc) is 2.70. The summed E-state index contributed by atoms with van der Waals surface area (Å²) >= 11 is 0. The highest BCUT2D eigenvalue weighted by atomic mass is 19.1. The molecule has 140 valence electrons. The number of nitrogens with zero attached hydrogens (tertiary/aromatic N) is 2. The molecule has 0 amide bonds. The van der Waals surface area contributed by atoms with Crippen LogP contribution in [-0.2, 0) is 6.42 Å². The highest BCUT2D eigenvalue weighted by molar-refractivity contribution is 5.83. The molecule has 4 rings (SSSR count). The molecule has 0 spiro atoms. The third kappa shape index (κ3) is 3.54. The van der Waals surface area contributed by atoms with E-state index in [1.165, 1.54) is 11.6 Å². The molecule has 1 aliphatic heterocycles. The maximum absolute atomic E-state index is 14.2. The van der Waals surface area contributed by atoms with E-state index in [1.807, 2.05) is 30.3 Å². The topological polar surface area (TPSA) is 36.4 Å². The van der Waals surface area contributed by atoms with Crippen LogP contribution in [0.5, 0.6) is 0 Å². The predicted octanol–water partition coefficient (Wildman–Crippen LogP) is 4.50. The van der Waals surface area contributed by atoms with Gasteiger partial charge in [0.2, 0.25) is 0 Å². The second kappa shape index (κ2) is 7.28. The molecular formula is C23H25FN2O. The molecule has 0 bridgehead atoms. The van der Waals surface area contributed by atoms with Crippen molar-refractivity contribution in [2.75, 3.05) is 24.6 Å². The fraction of sp³-hybridized carbons (Fsp3) is 0.348. The summed E-state index contributed by atoms with van der Waals surface area (Å²) in [4.78, 5) is 7.10. The normalized spacial score (nSPS) is 20.2. The Balaban J connectivity index is 1.64. The van der Waals surface area contributed by atoms with Crippen LogP contribution in [0.25, 0.3) is 10.9 Å². The van der Waals surface area contributed by atoms with Gasteiger partial charge in [-0.25, -0.2) is 9.37 Å². The quantitative estimate of drug-likeness (QED) is 0.740. The minimum Gasteiger partial charge on any atom is -0.396 e. The summed E-state index contributed by atoms with van der Waals surface area (Å²) in [6.07, 6.45) is 2.39. The Morgan fingerprint density at radius 1 is 1.15 bits per heavy atom. The van der Waals surface area contributed by atoms with Crippen molar-refractivity contribution >= 4 is 16.7 Å². The molecule has 1 saturated heterocycles. The molecule has 0 unspecified atom stereocenters. The first-order valence-electron chi connectivity index (χ1n) is 9.56. The first-order chi connectivity index (χ1) is 13.1. The third-order valence-corrected chi connectivity index (χ3v) is 5.75. The number of hydrogen-bond acceptors (Lipinski definition) is 3. The molecule has 3 aromatic rings. The van der Waals surface area contributed by atoms with Gasteiger partial charge in [-0.05, 0) is 55.5 Å². The Labute approximate surface area is 159 Å². The monoisotopic (exact) mass is 364 g/mol. The van der Waals surface area contributed by atoms with Crippen LogP contribution in [0.4, 0.5) is 10.2 Å². The number of piperidine rings is 1. The van der Waals surface area contributed by atoms with Crippen LogP contribution in [0.2, 0.25) is 0 Å². The van der Waals surface area contributed by atoms with Crippen molar-refractivity contribution in [2.45, 2.75) is 26.2 Å². The van der Waals surface area contributed by atoms with Crippen molar-refractivity contribution in [2.24, 2.45) is 5.41 Å². The van der Waals surface area contributed by atoms with Crippen molar-refractivity contribution in [3.05, 3.63) is 71.5 Å². The number of aryl methyl sites for hydroxylation is 1. The number of halogens is 1. The van der Waals surface area contributed by atoms with Gasteiger partial charge in [0.05, 0.1) is 12.1 Å². The lowest BCUT2D eigenvalue weighted by Crippen LogP contribution is -2.47. The fourth-order valence-corrected chi connectivity index (χ4v) is 4.27. The fourth-order valence-electron chi connectivity index (χ4n) is 4.27. The van der Waals surface area contributed by atoms with Gasteiger partial charge in [-0.15, -0.1) is 0 Å². The number of aliphatic hydroxyl groups excluding tert-OH is 1. The standard InChI is InChI=1S/C23H25FN2O/c1-17-13-22(25-21-10-5-3-8-19(17)21)26-12-6-11-23(15-26,16-27)14-18-7-2-4-9-20(18)24/h2-5,7-10,13,27H,6,11-12,14-16H2,1H3/t23-/m1/s1. The average molecular weight is 364 g/mol. The minimum atomic E-state index is -0.346. The predicted molar refractivity (Wildman–Crippen MR) is 108 cm³/mol. The number of hydrogen-bond donors (Lipinski definition) is 1. The van der Waals surface area contributed by atoms with E-state index in [-0.39, 0.29) is 17.8 Å². The Bertz CT molecular complexity index is 958. The lowest BCUT2D eigenvalue weighted by atomic mass is 9.75. The van der Waals surface area contributed by atoms with Crippen LogP contribution in [0.3, 0.4) is 0 Å². The Morgan fingerprint density at radius 2 is 1.93 bits per heavy atom. The second-order valence-corrected chi connectivity index (χ2v) is 7.77. The van der Waals surface area contributed by atoms with Crippen molar-refractivity contribution in [1.82, 2.24) is 4.98 Å². The summed E-state index contributed by atoms with van der Waals surface area (Å²) in [6.45, 7) is 3.74. The molecule has 1 N–H and O–H groups in total. The third-order valence-electron chi connectivity index (χ3n) is 5.75. The van der Waals surface area contributed by atoms with E-state index in [2.05, 4.69) is 24.0 Å². The van der Waals surface area contributed by atoms with E-state index in [1.54, 1.807) is 6.07 Å². The summed E-state index contributed by atoms with van der Waals surface area (Å²) in [5.41, 5.74) is 2.52. The van der Waals surface area contributed by atoms with Gasteiger partial charge >= 0.3 is 0 Å². The van der Waals surface area contributed by atoms with E-state index in [9.17, 15) is 9.50 Å². The lowest BCUT2D eigenvalue weighted by Gasteiger charge is -2.42. The van der Waals surface area contributed by atoms with Crippen LogP contribution in [-0.4, -0.2) is 29.8 Å². The summed E-state index contributed by atoms with van der Waals surface area (Å²) in [5, 5.41) is 11.4. The van der Waals surface area contributed by atoms with Crippen LogP contribution >= 0.6 is 0 Å². The van der Waals surface area contributed by atoms with E-state index in [4.69, 9.17) is 4.98 Å². The van der Waals surface area contributed by atoms with E-state index < -0.39 is 0 Å². The Hall–Kier alpha value is -2.46. The lowest BCUT2D eigenvalue weighted by molar-refractivity contribution is 0.104. The molecule has 0 aliphatic carbocycles. The number of benzene rings is 2. The molecule has 3 nitrogen and oxygen atoms in total. The highest BCUT2D eigenvalue weighted by Gasteiger charge is 2.36. The van der Waals surface area contributed by atoms with Crippen LogP contribution in [0.1, 0.15) is 24.0 Å². The van der Waals surface area contributed by atoms with Gasteiger partial charge in [0.25, 0.3) is 0 Å². The zero-order valence-electron chi connectivity index (χ0n) is 15.7. The molecule has 2 heterocycles. The van der Waals surface area contributed by atoms with Gasteiger partial charge in [-0.3, -0.25) is 0 Å². The van der Waals surface area contributed by atoms with Crippen molar-refractivity contribution in [3.8, 4) is 0 Å². The largest absolute Gasteiger partial charge is 0.396 e. The summed E-state index contributed by atoms with van der Waals surface area (Å²) in [6, 6.07) is 17.2. The minimum absolute atomic E-state index is 0.0460. The second-order valence-electron chi connectivity index (χ2n) is 7.77. The van der Waals surface area contributed by atoms with Gasteiger partial charge in [-0.1, -0.05) is 36.4 Å². The van der Waals surface area contributed by atoms with Crippen molar-refractivity contribution in [3.63, 3.8) is 0 Å². The summed E-state index contributed by atoms with van der Waals surface area (Å²) < 4.78 is 14.2. The Morgan fingerprint density at radius 3 is 2.74 bits per heavy atom. The van der Waals surface area contributed by atoms with E-state index in [0.29, 0.717) is 18.5 Å². The molecule has 1 fully saturated rings. The zero-order chi connectivity index (χ0) is 18.9. The number of aliphatic hydroxyl groups is 1. The summed E-state index contributed by atoms with van der Waals surface area (Å²) in [5.74, 6) is 0.749. The van der Waals surface area contributed by atoms with E-state index in [0.717, 1.165) is 36.1 Å². The van der Waals surface area contributed by atoms with Crippen LogP contribution in [0, 0.1) is 18.2 Å². The van der Waals surface area contributed by atoms with Crippen molar-refractivity contribution < 1.29 is 9.50 Å². The number of anilines is 1. The van der Waals surface area contributed by atoms with Gasteiger partial charge in [-0.2, -0.15) is 0 Å². The van der Waals surface area contributed by atoms with Crippen LogP contribution < -0.4 is 4.90 Å². The Kier molecular flexibility index (Phi) is 4.83. The highest BCUT2D eigenvalue weighted by Crippen LogP contribution is 2.36. The SMILES string of the molecule is Cc1cc(N2CCC[C@@](CO)(Cc3ccccc3F)C2)nc2ccccc12. The summed E-state index contributed by atoms with van der Waals surface area (Å²) in [7, 11) is 0.